The molecule has 2 heterocycles. The van der Waals surface area contributed by atoms with Gasteiger partial charge in [0.1, 0.15) is 23.1 Å². The van der Waals surface area contributed by atoms with Gasteiger partial charge in [-0.05, 0) is 24.6 Å². The summed E-state index contributed by atoms with van der Waals surface area (Å²) < 4.78 is 1.88. The number of nitrogens with zero attached hydrogens (tertiary/aromatic N) is 3. The predicted molar refractivity (Wildman–Crippen MR) is 94.3 cm³/mol. The molecular weight excluding hydrogens is 338 g/mol. The largest absolute Gasteiger partial charge is 0.396 e. The van der Waals surface area contributed by atoms with Crippen LogP contribution in [0.15, 0.2) is 58.8 Å². The molecule has 25 heavy (non-hydrogen) atoms. The maximum absolute atomic E-state index is 10.4. The zero-order valence-corrected chi connectivity index (χ0v) is 14.3. The Bertz CT molecular complexity index is 870. The number of aliphatic hydroxyl groups excluding tert-OH is 3. The van der Waals surface area contributed by atoms with Crippen LogP contribution in [0.25, 0.3) is 11.0 Å². The fourth-order valence-corrected chi connectivity index (χ4v) is 4.34. The topological polar surface area (TPSA) is 91.4 Å². The first-order valence-corrected chi connectivity index (χ1v) is 9.02. The molecule has 1 aliphatic rings. The van der Waals surface area contributed by atoms with E-state index in [2.05, 4.69) is 9.97 Å². The van der Waals surface area contributed by atoms with Crippen LogP contribution in [0.3, 0.4) is 0 Å². The zero-order chi connectivity index (χ0) is 17.4. The number of aromatic nitrogens is 3. The molecule has 4 atom stereocenters. The molecule has 4 rings (SSSR count). The first-order chi connectivity index (χ1) is 12.2. The van der Waals surface area contributed by atoms with E-state index in [1.807, 2.05) is 47.2 Å². The summed E-state index contributed by atoms with van der Waals surface area (Å²) in [5.74, 6) is -0.322. The average Bonchev–Trinajstić information content (AvgIpc) is 3.18. The maximum atomic E-state index is 10.4. The quantitative estimate of drug-likeness (QED) is 0.618. The normalized spacial score (nSPS) is 26.4. The summed E-state index contributed by atoms with van der Waals surface area (Å²) in [6.45, 7) is -0.141. The Labute approximate surface area is 149 Å². The predicted octanol–water partition coefficient (Wildman–Crippen LogP) is 1.86. The van der Waals surface area contributed by atoms with Crippen molar-refractivity contribution in [2.75, 3.05) is 6.61 Å². The van der Waals surface area contributed by atoms with E-state index < -0.39 is 12.2 Å². The molecule has 3 aromatic rings. The minimum absolute atomic E-state index is 0.141. The molecule has 130 valence electrons. The van der Waals surface area contributed by atoms with E-state index in [0.29, 0.717) is 6.42 Å². The summed E-state index contributed by atoms with van der Waals surface area (Å²) in [6, 6.07) is 11.6. The number of fused-ring (bicyclic) bond motifs is 1. The van der Waals surface area contributed by atoms with Gasteiger partial charge in [0, 0.05) is 23.6 Å². The first-order valence-electron chi connectivity index (χ1n) is 8.20. The van der Waals surface area contributed by atoms with Crippen LogP contribution in [0, 0.1) is 5.92 Å². The third-order valence-corrected chi connectivity index (χ3v) is 5.82. The van der Waals surface area contributed by atoms with Crippen LogP contribution in [-0.2, 0) is 0 Å². The molecule has 2 aromatic heterocycles. The lowest BCUT2D eigenvalue weighted by Crippen LogP contribution is -2.30. The van der Waals surface area contributed by atoms with E-state index in [1.54, 1.807) is 11.8 Å². The van der Waals surface area contributed by atoms with Gasteiger partial charge >= 0.3 is 0 Å². The van der Waals surface area contributed by atoms with E-state index in [-0.39, 0.29) is 18.6 Å². The molecule has 0 aliphatic heterocycles. The number of hydrogen-bond acceptors (Lipinski definition) is 6. The Morgan fingerprint density at radius 1 is 1.08 bits per heavy atom. The van der Waals surface area contributed by atoms with E-state index in [4.69, 9.17) is 0 Å². The highest BCUT2D eigenvalue weighted by Gasteiger charge is 2.42. The van der Waals surface area contributed by atoms with Crippen molar-refractivity contribution >= 4 is 22.8 Å². The molecule has 0 radical (unpaired) electrons. The van der Waals surface area contributed by atoms with Crippen molar-refractivity contribution < 1.29 is 15.3 Å². The monoisotopic (exact) mass is 357 g/mol. The molecule has 0 bridgehead atoms. The molecule has 3 N–H and O–H groups in total. The summed E-state index contributed by atoms with van der Waals surface area (Å²) in [6.07, 6.45) is 2.05. The number of hydrogen-bond donors (Lipinski definition) is 3. The van der Waals surface area contributed by atoms with Gasteiger partial charge in [-0.1, -0.05) is 30.0 Å². The van der Waals surface area contributed by atoms with Gasteiger partial charge in [-0.3, -0.25) is 0 Å². The SMILES string of the molecule is OC[C@@H]1C[C@@H](n2ccc3c(Sc4ccccc4)ncnc32)[C@H](O)[C@@H]1O. The van der Waals surface area contributed by atoms with Gasteiger partial charge in [0.05, 0.1) is 17.5 Å². The summed E-state index contributed by atoms with van der Waals surface area (Å²) in [4.78, 5) is 9.87. The standard InChI is InChI=1S/C18H19N3O3S/c22-9-11-8-14(16(24)15(11)23)21-7-6-13-17(21)19-10-20-18(13)25-12-4-2-1-3-5-12/h1-7,10-11,14-16,22-24H,8-9H2/t11-,14+,15+,16-/m0/s1. The van der Waals surface area contributed by atoms with Gasteiger partial charge < -0.3 is 19.9 Å². The van der Waals surface area contributed by atoms with Gasteiger partial charge in [-0.15, -0.1) is 0 Å². The van der Waals surface area contributed by atoms with E-state index in [0.717, 1.165) is 21.0 Å². The Hall–Kier alpha value is -1.93. The van der Waals surface area contributed by atoms with E-state index in [9.17, 15) is 15.3 Å². The second kappa shape index (κ2) is 6.76. The number of rotatable bonds is 4. The van der Waals surface area contributed by atoms with Crippen molar-refractivity contribution in [2.24, 2.45) is 5.92 Å². The van der Waals surface area contributed by atoms with Crippen molar-refractivity contribution in [2.45, 2.75) is 34.6 Å². The molecule has 1 saturated carbocycles. The summed E-state index contributed by atoms with van der Waals surface area (Å²) >= 11 is 1.56. The summed E-state index contributed by atoms with van der Waals surface area (Å²) in [7, 11) is 0. The highest BCUT2D eigenvalue weighted by molar-refractivity contribution is 7.99. The molecule has 1 fully saturated rings. The molecule has 1 aromatic carbocycles. The maximum Gasteiger partial charge on any atom is 0.144 e. The molecule has 0 amide bonds. The van der Waals surface area contributed by atoms with Crippen molar-refractivity contribution in [1.82, 2.24) is 14.5 Å². The summed E-state index contributed by atoms with van der Waals surface area (Å²) in [5, 5.41) is 31.6. The fraction of sp³-hybridized carbons (Fsp3) is 0.333. The fourth-order valence-electron chi connectivity index (χ4n) is 3.45. The molecule has 7 heteroatoms. The minimum Gasteiger partial charge on any atom is -0.396 e. The Balaban J connectivity index is 1.70. The van der Waals surface area contributed by atoms with Crippen molar-refractivity contribution in [1.29, 1.82) is 0 Å². The van der Waals surface area contributed by atoms with Crippen LogP contribution < -0.4 is 0 Å². The van der Waals surface area contributed by atoms with Crippen LogP contribution in [0.5, 0.6) is 0 Å². The summed E-state index contributed by atoms with van der Waals surface area (Å²) in [5.41, 5.74) is 0.725. The molecule has 0 unspecified atom stereocenters. The second-order valence-electron chi connectivity index (χ2n) is 6.28. The van der Waals surface area contributed by atoms with Gasteiger partial charge in [0.2, 0.25) is 0 Å². The first kappa shape index (κ1) is 16.5. The van der Waals surface area contributed by atoms with Crippen molar-refractivity contribution in [3.63, 3.8) is 0 Å². The third kappa shape index (κ3) is 2.93. The molecule has 6 nitrogen and oxygen atoms in total. The van der Waals surface area contributed by atoms with Crippen LogP contribution in [-0.4, -0.2) is 48.7 Å². The smallest absolute Gasteiger partial charge is 0.144 e. The van der Waals surface area contributed by atoms with Crippen molar-refractivity contribution in [3.05, 3.63) is 48.9 Å². The van der Waals surface area contributed by atoms with Crippen LogP contribution >= 0.6 is 11.8 Å². The Kier molecular flexibility index (Phi) is 4.47. The lowest BCUT2D eigenvalue weighted by molar-refractivity contribution is -0.00365. The molecule has 0 spiro atoms. The van der Waals surface area contributed by atoms with Gasteiger partial charge in [-0.2, -0.15) is 0 Å². The highest BCUT2D eigenvalue weighted by Crippen LogP contribution is 2.38. The van der Waals surface area contributed by atoms with Crippen LogP contribution in [0.1, 0.15) is 12.5 Å². The number of aliphatic hydroxyl groups is 3. The Morgan fingerprint density at radius 3 is 2.60 bits per heavy atom. The number of benzene rings is 1. The van der Waals surface area contributed by atoms with Gasteiger partial charge in [0.15, 0.2) is 0 Å². The highest BCUT2D eigenvalue weighted by atomic mass is 32.2. The Morgan fingerprint density at radius 2 is 1.88 bits per heavy atom. The van der Waals surface area contributed by atoms with Crippen LogP contribution in [0.4, 0.5) is 0 Å². The van der Waals surface area contributed by atoms with Gasteiger partial charge in [0.25, 0.3) is 0 Å². The molecule has 1 aliphatic carbocycles. The lowest BCUT2D eigenvalue weighted by Gasteiger charge is -2.19. The van der Waals surface area contributed by atoms with Crippen LogP contribution in [0.2, 0.25) is 0 Å². The average molecular weight is 357 g/mol. The van der Waals surface area contributed by atoms with Crippen molar-refractivity contribution in [3.8, 4) is 0 Å². The third-order valence-electron chi connectivity index (χ3n) is 4.79. The second-order valence-corrected chi connectivity index (χ2v) is 7.34. The zero-order valence-electron chi connectivity index (χ0n) is 13.4. The molecular formula is C18H19N3O3S. The van der Waals surface area contributed by atoms with E-state index in [1.165, 1.54) is 6.33 Å². The van der Waals surface area contributed by atoms with E-state index >= 15 is 0 Å². The minimum atomic E-state index is -0.924. The lowest BCUT2D eigenvalue weighted by atomic mass is 10.1. The van der Waals surface area contributed by atoms with Gasteiger partial charge in [-0.25, -0.2) is 9.97 Å². The molecule has 0 saturated heterocycles.